The number of aromatic nitrogens is 2. The van der Waals surface area contributed by atoms with Gasteiger partial charge in [-0.05, 0) is 29.8 Å². The first-order valence-corrected chi connectivity index (χ1v) is 7.70. The number of carbonyl (C=O) groups is 2. The number of carbonyl (C=O) groups excluding carboxylic acids is 2. The Labute approximate surface area is 138 Å². The molecule has 120 valence electrons. The van der Waals surface area contributed by atoms with Crippen molar-refractivity contribution in [3.05, 3.63) is 60.4 Å². The van der Waals surface area contributed by atoms with Crippen molar-refractivity contribution in [2.24, 2.45) is 0 Å². The molecule has 3 amide bonds. The van der Waals surface area contributed by atoms with Crippen molar-refractivity contribution in [3.63, 3.8) is 0 Å². The van der Waals surface area contributed by atoms with Crippen LogP contribution in [0.5, 0.6) is 0 Å². The van der Waals surface area contributed by atoms with Gasteiger partial charge in [-0.3, -0.25) is 14.3 Å². The first kappa shape index (κ1) is 14.4. The van der Waals surface area contributed by atoms with Gasteiger partial charge >= 0.3 is 6.03 Å². The highest BCUT2D eigenvalue weighted by Crippen LogP contribution is 2.19. The zero-order valence-corrected chi connectivity index (χ0v) is 13.2. The van der Waals surface area contributed by atoms with E-state index in [0.29, 0.717) is 6.54 Å². The molecule has 1 aliphatic rings. The second-order valence-corrected chi connectivity index (χ2v) is 5.89. The number of imidazole rings is 1. The monoisotopic (exact) mass is 320 g/mol. The molecule has 0 aliphatic carbocycles. The molecule has 6 heteroatoms. The second-order valence-electron chi connectivity index (χ2n) is 5.89. The van der Waals surface area contributed by atoms with Crippen LogP contribution in [0.25, 0.3) is 16.7 Å². The normalized spacial score (nSPS) is 14.9. The van der Waals surface area contributed by atoms with E-state index in [1.54, 1.807) is 13.4 Å². The predicted molar refractivity (Wildman–Crippen MR) is 89.6 cm³/mol. The zero-order chi connectivity index (χ0) is 16.7. The Morgan fingerprint density at radius 2 is 1.79 bits per heavy atom. The van der Waals surface area contributed by atoms with Gasteiger partial charge in [-0.2, -0.15) is 0 Å². The molecule has 2 aromatic carbocycles. The minimum absolute atomic E-state index is 0.151. The lowest BCUT2D eigenvalue weighted by Gasteiger charge is -2.14. The molecule has 1 saturated heterocycles. The van der Waals surface area contributed by atoms with Crippen LogP contribution in [0.2, 0.25) is 0 Å². The minimum Gasteiger partial charge on any atom is -0.318 e. The zero-order valence-electron chi connectivity index (χ0n) is 13.2. The molecule has 6 nitrogen and oxygen atoms in total. The minimum atomic E-state index is -0.246. The third-order valence-corrected chi connectivity index (χ3v) is 4.24. The van der Waals surface area contributed by atoms with Gasteiger partial charge in [0, 0.05) is 12.7 Å². The molecule has 0 unspecified atom stereocenters. The summed E-state index contributed by atoms with van der Waals surface area (Å²) in [6.45, 7) is 0.449. The van der Waals surface area contributed by atoms with E-state index >= 15 is 0 Å². The molecule has 1 aliphatic heterocycles. The summed E-state index contributed by atoms with van der Waals surface area (Å²) in [7, 11) is 1.63. The number of hydrogen-bond donors (Lipinski definition) is 0. The van der Waals surface area contributed by atoms with Crippen molar-refractivity contribution in [1.82, 2.24) is 19.4 Å². The highest BCUT2D eigenvalue weighted by molar-refractivity contribution is 6.01. The second kappa shape index (κ2) is 5.49. The molecule has 3 aromatic rings. The number of para-hydroxylation sites is 2. The van der Waals surface area contributed by atoms with E-state index in [2.05, 4.69) is 4.98 Å². The quantitative estimate of drug-likeness (QED) is 0.696. The van der Waals surface area contributed by atoms with Crippen molar-refractivity contribution in [1.29, 1.82) is 0 Å². The lowest BCUT2D eigenvalue weighted by molar-refractivity contribution is -0.125. The molecule has 0 radical (unpaired) electrons. The topological polar surface area (TPSA) is 58.4 Å². The Kier molecular flexibility index (Phi) is 3.30. The van der Waals surface area contributed by atoms with E-state index in [9.17, 15) is 9.59 Å². The van der Waals surface area contributed by atoms with Gasteiger partial charge in [0.2, 0.25) is 0 Å². The summed E-state index contributed by atoms with van der Waals surface area (Å²) >= 11 is 0. The lowest BCUT2D eigenvalue weighted by atomic mass is 10.2. The molecular formula is C18H16N4O2. The van der Waals surface area contributed by atoms with Crippen molar-refractivity contribution >= 4 is 23.0 Å². The van der Waals surface area contributed by atoms with E-state index in [0.717, 1.165) is 22.3 Å². The number of urea groups is 1. The van der Waals surface area contributed by atoms with Gasteiger partial charge < -0.3 is 4.90 Å². The van der Waals surface area contributed by atoms with Gasteiger partial charge in [0.25, 0.3) is 5.91 Å². The van der Waals surface area contributed by atoms with Crippen molar-refractivity contribution in [2.45, 2.75) is 6.54 Å². The Balaban J connectivity index is 1.59. The molecule has 0 saturated carbocycles. The van der Waals surface area contributed by atoms with Crippen LogP contribution in [0.1, 0.15) is 5.56 Å². The van der Waals surface area contributed by atoms with Crippen molar-refractivity contribution in [2.75, 3.05) is 13.6 Å². The average molecular weight is 320 g/mol. The number of fused-ring (bicyclic) bond motifs is 1. The number of benzene rings is 2. The SMILES string of the molecule is CN1CC(=O)N(Cc2ccc(-n3cnc4ccccc43)cc2)C1=O. The fourth-order valence-electron chi connectivity index (χ4n) is 2.93. The summed E-state index contributed by atoms with van der Waals surface area (Å²) in [5.41, 5.74) is 3.89. The van der Waals surface area contributed by atoms with Gasteiger partial charge in [0.1, 0.15) is 12.9 Å². The fraction of sp³-hybridized carbons (Fsp3) is 0.167. The van der Waals surface area contributed by atoms with Gasteiger partial charge in [0.15, 0.2) is 0 Å². The van der Waals surface area contributed by atoms with Crippen LogP contribution in [-0.4, -0.2) is 44.9 Å². The van der Waals surface area contributed by atoms with Gasteiger partial charge in [-0.15, -0.1) is 0 Å². The largest absolute Gasteiger partial charge is 0.327 e. The number of amides is 3. The summed E-state index contributed by atoms with van der Waals surface area (Å²) < 4.78 is 2.01. The van der Waals surface area contributed by atoms with Crippen molar-refractivity contribution in [3.8, 4) is 5.69 Å². The number of hydrogen-bond acceptors (Lipinski definition) is 3. The summed E-state index contributed by atoms with van der Waals surface area (Å²) in [6, 6.07) is 15.5. The lowest BCUT2D eigenvalue weighted by Crippen LogP contribution is -2.31. The van der Waals surface area contributed by atoms with Crippen molar-refractivity contribution < 1.29 is 9.59 Å². The maximum Gasteiger partial charge on any atom is 0.327 e. The first-order chi connectivity index (χ1) is 11.6. The van der Waals surface area contributed by atoms with E-state index in [1.165, 1.54) is 9.80 Å². The van der Waals surface area contributed by atoms with E-state index in [1.807, 2.05) is 53.1 Å². The third-order valence-electron chi connectivity index (χ3n) is 4.24. The first-order valence-electron chi connectivity index (χ1n) is 7.70. The molecule has 4 rings (SSSR count). The van der Waals surface area contributed by atoms with Gasteiger partial charge in [-0.25, -0.2) is 9.78 Å². The maximum atomic E-state index is 11.9. The third kappa shape index (κ3) is 2.32. The Morgan fingerprint density at radius 1 is 1.04 bits per heavy atom. The molecule has 1 aromatic heterocycles. The summed E-state index contributed by atoms with van der Waals surface area (Å²) in [5.74, 6) is -0.160. The number of rotatable bonds is 3. The average Bonchev–Trinajstić information content (AvgIpc) is 3.12. The van der Waals surface area contributed by atoms with Crippen LogP contribution in [-0.2, 0) is 11.3 Å². The molecular weight excluding hydrogens is 304 g/mol. The van der Waals surface area contributed by atoms with E-state index in [-0.39, 0.29) is 18.5 Å². The van der Waals surface area contributed by atoms with Crippen LogP contribution >= 0.6 is 0 Å². The summed E-state index contributed by atoms with van der Waals surface area (Å²) in [5, 5.41) is 0. The van der Waals surface area contributed by atoms with Crippen LogP contribution in [0.15, 0.2) is 54.9 Å². The molecule has 0 bridgehead atoms. The Bertz CT molecular complexity index is 930. The highest BCUT2D eigenvalue weighted by Gasteiger charge is 2.33. The number of nitrogens with zero attached hydrogens (tertiary/aromatic N) is 4. The van der Waals surface area contributed by atoms with E-state index < -0.39 is 0 Å². The summed E-state index contributed by atoms with van der Waals surface area (Å²) in [4.78, 5) is 30.9. The van der Waals surface area contributed by atoms with E-state index in [4.69, 9.17) is 0 Å². The summed E-state index contributed by atoms with van der Waals surface area (Å²) in [6.07, 6.45) is 1.79. The molecule has 0 spiro atoms. The smallest absolute Gasteiger partial charge is 0.318 e. The molecule has 2 heterocycles. The van der Waals surface area contributed by atoms with Crippen LogP contribution < -0.4 is 0 Å². The van der Waals surface area contributed by atoms with Crippen LogP contribution in [0.3, 0.4) is 0 Å². The molecule has 0 atom stereocenters. The maximum absolute atomic E-state index is 11.9. The number of likely N-dealkylation sites (N-methyl/N-ethyl adjacent to an activating group) is 1. The molecule has 24 heavy (non-hydrogen) atoms. The van der Waals surface area contributed by atoms with Gasteiger partial charge in [0.05, 0.1) is 17.6 Å². The Hall–Kier alpha value is -3.15. The molecule has 0 N–H and O–H groups in total. The van der Waals surface area contributed by atoms with Crippen LogP contribution in [0.4, 0.5) is 4.79 Å². The van der Waals surface area contributed by atoms with Crippen LogP contribution in [0, 0.1) is 0 Å². The standard InChI is InChI=1S/C18H16N4O2/c1-20-11-17(23)21(18(20)24)10-13-6-8-14(9-7-13)22-12-19-15-4-2-3-5-16(15)22/h2-9,12H,10-11H2,1H3. The predicted octanol–water partition coefficient (Wildman–Crippen LogP) is 2.42. The molecule has 1 fully saturated rings. The van der Waals surface area contributed by atoms with Gasteiger partial charge in [-0.1, -0.05) is 24.3 Å². The Morgan fingerprint density at radius 3 is 2.50 bits per heavy atom. The highest BCUT2D eigenvalue weighted by atomic mass is 16.2. The number of imide groups is 1. The fourth-order valence-corrected chi connectivity index (χ4v) is 2.93.